The smallest absolute Gasteiger partial charge is 0.237 e. The van der Waals surface area contributed by atoms with Gasteiger partial charge in [0.1, 0.15) is 0 Å². The lowest BCUT2D eigenvalue weighted by molar-refractivity contribution is -0.124. The van der Waals surface area contributed by atoms with Gasteiger partial charge in [0, 0.05) is 19.1 Å². The SMILES string of the molecule is CNC1(C(N)=O)CCC(N2CC3CCC(C2)O3)C1. The highest BCUT2D eigenvalue weighted by molar-refractivity contribution is 5.85. The predicted octanol–water partition coefficient (Wildman–Crippen LogP) is -0.154. The summed E-state index contributed by atoms with van der Waals surface area (Å²) in [5.41, 5.74) is 5.07. The fourth-order valence-electron chi connectivity index (χ4n) is 3.85. The lowest BCUT2D eigenvalue weighted by atomic mass is 9.96. The molecule has 3 rings (SSSR count). The number of morpholine rings is 1. The second kappa shape index (κ2) is 4.47. The zero-order valence-electron chi connectivity index (χ0n) is 11.0. The van der Waals surface area contributed by atoms with Gasteiger partial charge in [0.2, 0.25) is 5.91 Å². The summed E-state index contributed by atoms with van der Waals surface area (Å²) in [4.78, 5) is 14.2. The molecule has 0 spiro atoms. The first-order valence-electron chi connectivity index (χ1n) is 7.01. The van der Waals surface area contributed by atoms with E-state index in [1.54, 1.807) is 0 Å². The molecule has 3 fully saturated rings. The molecule has 2 heterocycles. The van der Waals surface area contributed by atoms with Crippen LogP contribution in [0.1, 0.15) is 32.1 Å². The Hall–Kier alpha value is -0.650. The van der Waals surface area contributed by atoms with Crippen LogP contribution in [0.25, 0.3) is 0 Å². The summed E-state index contributed by atoms with van der Waals surface area (Å²) in [5.74, 6) is -0.205. The van der Waals surface area contributed by atoms with Crippen molar-refractivity contribution in [3.05, 3.63) is 0 Å². The third kappa shape index (κ3) is 1.94. The largest absolute Gasteiger partial charge is 0.372 e. The van der Waals surface area contributed by atoms with E-state index < -0.39 is 5.54 Å². The lowest BCUT2D eigenvalue weighted by Crippen LogP contribution is -2.54. The van der Waals surface area contributed by atoms with Crippen molar-refractivity contribution >= 4 is 5.91 Å². The molecular weight excluding hydrogens is 230 g/mol. The van der Waals surface area contributed by atoms with Gasteiger partial charge in [-0.3, -0.25) is 9.69 Å². The molecular formula is C13H23N3O2. The van der Waals surface area contributed by atoms with Gasteiger partial charge < -0.3 is 15.8 Å². The Morgan fingerprint density at radius 3 is 2.50 bits per heavy atom. The molecule has 0 aromatic heterocycles. The topological polar surface area (TPSA) is 67.6 Å². The zero-order chi connectivity index (χ0) is 12.8. The number of amides is 1. The summed E-state index contributed by atoms with van der Waals surface area (Å²) < 4.78 is 5.86. The van der Waals surface area contributed by atoms with E-state index in [9.17, 15) is 4.79 Å². The predicted molar refractivity (Wildman–Crippen MR) is 68.1 cm³/mol. The molecule has 0 radical (unpaired) electrons. The third-order valence-corrected chi connectivity index (χ3v) is 5.03. The van der Waals surface area contributed by atoms with Crippen LogP contribution in [0.2, 0.25) is 0 Å². The number of rotatable bonds is 3. The van der Waals surface area contributed by atoms with Gasteiger partial charge in [0.05, 0.1) is 17.7 Å². The van der Waals surface area contributed by atoms with Gasteiger partial charge in [0.15, 0.2) is 0 Å². The van der Waals surface area contributed by atoms with Crippen molar-refractivity contribution in [1.29, 1.82) is 0 Å². The van der Waals surface area contributed by atoms with Gasteiger partial charge in [-0.15, -0.1) is 0 Å². The summed E-state index contributed by atoms with van der Waals surface area (Å²) in [7, 11) is 1.84. The maximum atomic E-state index is 11.6. The molecule has 1 aliphatic carbocycles. The highest BCUT2D eigenvalue weighted by atomic mass is 16.5. The molecule has 2 aliphatic heterocycles. The number of nitrogens with one attached hydrogen (secondary N) is 1. The van der Waals surface area contributed by atoms with E-state index in [4.69, 9.17) is 10.5 Å². The van der Waals surface area contributed by atoms with Crippen LogP contribution in [-0.2, 0) is 9.53 Å². The van der Waals surface area contributed by atoms with E-state index in [0.717, 1.165) is 32.4 Å². The number of carbonyl (C=O) groups excluding carboxylic acids is 1. The molecule has 5 nitrogen and oxygen atoms in total. The Bertz CT molecular complexity index is 337. The Labute approximate surface area is 108 Å². The van der Waals surface area contributed by atoms with Crippen molar-refractivity contribution in [1.82, 2.24) is 10.2 Å². The Morgan fingerprint density at radius 1 is 1.33 bits per heavy atom. The van der Waals surface area contributed by atoms with Crippen molar-refractivity contribution < 1.29 is 9.53 Å². The Morgan fingerprint density at radius 2 is 2.00 bits per heavy atom. The normalized spacial score (nSPS) is 44.4. The number of ether oxygens (including phenoxy) is 1. The number of hydrogen-bond acceptors (Lipinski definition) is 4. The molecule has 3 N–H and O–H groups in total. The number of hydrogen-bond donors (Lipinski definition) is 2. The average molecular weight is 253 g/mol. The first-order chi connectivity index (χ1) is 8.63. The maximum Gasteiger partial charge on any atom is 0.237 e. The fourth-order valence-corrected chi connectivity index (χ4v) is 3.85. The maximum absolute atomic E-state index is 11.6. The van der Waals surface area contributed by atoms with E-state index in [1.165, 1.54) is 12.8 Å². The molecule has 4 atom stereocenters. The number of likely N-dealkylation sites (N-methyl/N-ethyl adjacent to an activating group) is 1. The standard InChI is InChI=1S/C13H23N3O2/c1-15-13(12(14)17)5-4-9(6-13)16-7-10-2-3-11(8-16)18-10/h9-11,15H,2-8H2,1H3,(H2,14,17). The monoisotopic (exact) mass is 253 g/mol. The van der Waals surface area contributed by atoms with Crippen LogP contribution in [0.15, 0.2) is 0 Å². The first kappa shape index (κ1) is 12.4. The summed E-state index contributed by atoms with van der Waals surface area (Å²) in [6.45, 7) is 2.06. The summed E-state index contributed by atoms with van der Waals surface area (Å²) in [5, 5.41) is 3.15. The first-order valence-corrected chi connectivity index (χ1v) is 7.01. The van der Waals surface area contributed by atoms with Crippen molar-refractivity contribution in [3.8, 4) is 0 Å². The quantitative estimate of drug-likeness (QED) is 0.734. The number of carbonyl (C=O) groups is 1. The molecule has 4 unspecified atom stereocenters. The summed E-state index contributed by atoms with van der Waals surface area (Å²) >= 11 is 0. The number of nitrogens with zero attached hydrogens (tertiary/aromatic N) is 1. The summed E-state index contributed by atoms with van der Waals surface area (Å²) in [6.07, 6.45) is 5.99. The van der Waals surface area contributed by atoms with Gasteiger partial charge in [-0.2, -0.15) is 0 Å². The van der Waals surface area contributed by atoms with E-state index in [2.05, 4.69) is 10.2 Å². The molecule has 1 amide bonds. The van der Waals surface area contributed by atoms with E-state index in [1.807, 2.05) is 7.05 Å². The van der Waals surface area contributed by atoms with Crippen LogP contribution >= 0.6 is 0 Å². The van der Waals surface area contributed by atoms with Crippen LogP contribution in [0.5, 0.6) is 0 Å². The van der Waals surface area contributed by atoms with Gasteiger partial charge in [-0.1, -0.05) is 0 Å². The molecule has 5 heteroatoms. The molecule has 1 saturated carbocycles. The molecule has 3 aliphatic rings. The number of fused-ring (bicyclic) bond motifs is 2. The molecule has 102 valence electrons. The van der Waals surface area contributed by atoms with Crippen molar-refractivity contribution in [3.63, 3.8) is 0 Å². The number of likely N-dealkylation sites (tertiary alicyclic amines) is 1. The van der Waals surface area contributed by atoms with Crippen LogP contribution in [-0.4, -0.2) is 54.7 Å². The van der Waals surface area contributed by atoms with Crippen LogP contribution in [0, 0.1) is 0 Å². The fraction of sp³-hybridized carbons (Fsp3) is 0.923. The Balaban J connectivity index is 1.67. The second-order valence-electron chi connectivity index (χ2n) is 6.00. The highest BCUT2D eigenvalue weighted by Crippen LogP contribution is 2.36. The van der Waals surface area contributed by atoms with Gasteiger partial charge in [-0.25, -0.2) is 0 Å². The van der Waals surface area contributed by atoms with Gasteiger partial charge >= 0.3 is 0 Å². The number of primary amides is 1. The molecule has 0 aromatic carbocycles. The van der Waals surface area contributed by atoms with Crippen LogP contribution < -0.4 is 11.1 Å². The van der Waals surface area contributed by atoms with Gasteiger partial charge in [0.25, 0.3) is 0 Å². The average Bonchev–Trinajstić information content (AvgIpc) is 2.94. The van der Waals surface area contributed by atoms with Crippen LogP contribution in [0.4, 0.5) is 0 Å². The summed E-state index contributed by atoms with van der Waals surface area (Å²) in [6, 6.07) is 0.483. The van der Waals surface area contributed by atoms with Crippen molar-refractivity contribution in [2.24, 2.45) is 5.73 Å². The van der Waals surface area contributed by atoms with E-state index in [0.29, 0.717) is 18.2 Å². The molecule has 18 heavy (non-hydrogen) atoms. The van der Waals surface area contributed by atoms with E-state index >= 15 is 0 Å². The minimum atomic E-state index is -0.484. The van der Waals surface area contributed by atoms with Gasteiger partial charge in [-0.05, 0) is 39.2 Å². The molecule has 2 bridgehead atoms. The Kier molecular flexibility index (Phi) is 3.08. The zero-order valence-corrected chi connectivity index (χ0v) is 11.0. The second-order valence-corrected chi connectivity index (χ2v) is 6.00. The van der Waals surface area contributed by atoms with Crippen molar-refractivity contribution in [2.75, 3.05) is 20.1 Å². The van der Waals surface area contributed by atoms with Crippen molar-refractivity contribution in [2.45, 2.75) is 55.9 Å². The third-order valence-electron chi connectivity index (χ3n) is 5.03. The minimum Gasteiger partial charge on any atom is -0.372 e. The number of nitrogens with two attached hydrogens (primary N) is 1. The molecule has 0 aromatic rings. The minimum absolute atomic E-state index is 0.205. The lowest BCUT2D eigenvalue weighted by Gasteiger charge is -2.37. The molecule has 2 saturated heterocycles. The van der Waals surface area contributed by atoms with E-state index in [-0.39, 0.29) is 5.91 Å². The van der Waals surface area contributed by atoms with Crippen LogP contribution in [0.3, 0.4) is 0 Å². The highest BCUT2D eigenvalue weighted by Gasteiger charge is 2.46.